The van der Waals surface area contributed by atoms with Crippen molar-refractivity contribution in [2.45, 2.75) is 38.2 Å². The maximum atomic E-state index is 12.1. The zero-order valence-corrected chi connectivity index (χ0v) is 12.8. The number of aryl methyl sites for hydroxylation is 1. The van der Waals surface area contributed by atoms with Gasteiger partial charge in [-0.25, -0.2) is 4.98 Å². The number of hydrogen-bond acceptors (Lipinski definition) is 4. The van der Waals surface area contributed by atoms with E-state index in [-0.39, 0.29) is 5.91 Å². The molecule has 2 aromatic rings. The summed E-state index contributed by atoms with van der Waals surface area (Å²) in [7, 11) is 0. The lowest BCUT2D eigenvalue weighted by Crippen LogP contribution is -2.40. The minimum absolute atomic E-state index is 0.187. The fourth-order valence-electron chi connectivity index (χ4n) is 2.72. The van der Waals surface area contributed by atoms with Gasteiger partial charge >= 0.3 is 0 Å². The van der Waals surface area contributed by atoms with Crippen LogP contribution in [0.1, 0.15) is 41.2 Å². The Kier molecular flexibility index (Phi) is 3.82. The molecule has 0 atom stereocenters. The number of aromatic nitrogens is 2. The molecular formula is C15H19N3O2S. The molecule has 1 aliphatic rings. The molecule has 0 aliphatic heterocycles. The third-order valence-electron chi connectivity index (χ3n) is 3.95. The fraction of sp³-hybridized carbons (Fsp3) is 0.467. The lowest BCUT2D eigenvalue weighted by molar-refractivity contribution is 0.0449. The summed E-state index contributed by atoms with van der Waals surface area (Å²) in [5.41, 5.74) is 1.56. The van der Waals surface area contributed by atoms with Crippen molar-refractivity contribution in [1.82, 2.24) is 15.3 Å². The van der Waals surface area contributed by atoms with Crippen LogP contribution in [0.5, 0.6) is 0 Å². The van der Waals surface area contributed by atoms with E-state index in [0.29, 0.717) is 12.2 Å². The molecule has 3 rings (SSSR count). The number of nitrogens with one attached hydrogen (secondary N) is 2. The van der Waals surface area contributed by atoms with Crippen molar-refractivity contribution >= 4 is 17.2 Å². The Bertz CT molecular complexity index is 641. The van der Waals surface area contributed by atoms with Crippen LogP contribution in [-0.4, -0.2) is 33.1 Å². The number of carbonyl (C=O) groups excluding carboxylic acids is 1. The average Bonchev–Trinajstić information content (AvgIpc) is 3.16. The van der Waals surface area contributed by atoms with Gasteiger partial charge in [-0.05, 0) is 25.8 Å². The van der Waals surface area contributed by atoms with E-state index >= 15 is 0 Å². The maximum Gasteiger partial charge on any atom is 0.267 e. The summed E-state index contributed by atoms with van der Waals surface area (Å²) >= 11 is 1.58. The van der Waals surface area contributed by atoms with Crippen LogP contribution in [0.15, 0.2) is 17.6 Å². The Morgan fingerprint density at radius 3 is 2.95 bits per heavy atom. The molecule has 0 bridgehead atoms. The van der Waals surface area contributed by atoms with Gasteiger partial charge in [-0.1, -0.05) is 12.8 Å². The highest BCUT2D eigenvalue weighted by atomic mass is 32.1. The van der Waals surface area contributed by atoms with E-state index < -0.39 is 5.60 Å². The second-order valence-electron chi connectivity index (χ2n) is 5.67. The first-order valence-electron chi connectivity index (χ1n) is 7.17. The first-order valence-corrected chi connectivity index (χ1v) is 8.05. The predicted octanol–water partition coefficient (Wildman–Crippen LogP) is 2.48. The van der Waals surface area contributed by atoms with Crippen molar-refractivity contribution in [3.63, 3.8) is 0 Å². The Morgan fingerprint density at radius 2 is 2.29 bits per heavy atom. The quantitative estimate of drug-likeness (QED) is 0.812. The van der Waals surface area contributed by atoms with Crippen LogP contribution in [0.25, 0.3) is 11.3 Å². The van der Waals surface area contributed by atoms with Gasteiger partial charge in [0.05, 0.1) is 16.3 Å². The summed E-state index contributed by atoms with van der Waals surface area (Å²) in [5.74, 6) is -0.187. The van der Waals surface area contributed by atoms with Gasteiger partial charge in [-0.15, -0.1) is 11.3 Å². The lowest BCUT2D eigenvalue weighted by Gasteiger charge is -2.22. The number of aromatic amines is 1. The van der Waals surface area contributed by atoms with Gasteiger partial charge in [0.25, 0.3) is 5.91 Å². The second-order valence-corrected chi connectivity index (χ2v) is 6.73. The monoisotopic (exact) mass is 305 g/mol. The Hall–Kier alpha value is -1.66. The molecule has 1 fully saturated rings. The van der Waals surface area contributed by atoms with Crippen LogP contribution < -0.4 is 5.32 Å². The molecule has 2 aromatic heterocycles. The number of amides is 1. The van der Waals surface area contributed by atoms with E-state index in [0.717, 1.165) is 41.9 Å². The Morgan fingerprint density at radius 1 is 1.52 bits per heavy atom. The highest BCUT2D eigenvalue weighted by molar-refractivity contribution is 7.09. The molecule has 1 amide bonds. The number of hydrogen-bond donors (Lipinski definition) is 3. The third-order valence-corrected chi connectivity index (χ3v) is 4.73. The molecule has 0 aromatic carbocycles. The lowest BCUT2D eigenvalue weighted by atomic mass is 10.0. The summed E-state index contributed by atoms with van der Waals surface area (Å²) in [6, 6.07) is 1.79. The molecule has 1 aliphatic carbocycles. The van der Waals surface area contributed by atoms with Gasteiger partial charge in [0.2, 0.25) is 0 Å². The van der Waals surface area contributed by atoms with Crippen molar-refractivity contribution in [3.8, 4) is 11.3 Å². The molecule has 0 spiro atoms. The summed E-state index contributed by atoms with van der Waals surface area (Å²) in [4.78, 5) is 19.5. The molecule has 21 heavy (non-hydrogen) atoms. The summed E-state index contributed by atoms with van der Waals surface area (Å²) in [6.07, 6.45) is 5.38. The molecule has 0 saturated heterocycles. The van der Waals surface area contributed by atoms with Crippen LogP contribution in [0, 0.1) is 6.92 Å². The van der Waals surface area contributed by atoms with Crippen LogP contribution in [0.4, 0.5) is 0 Å². The smallest absolute Gasteiger partial charge is 0.267 e. The second kappa shape index (κ2) is 5.61. The highest BCUT2D eigenvalue weighted by Crippen LogP contribution is 2.28. The number of thiazole rings is 1. The van der Waals surface area contributed by atoms with Crippen LogP contribution in [0.2, 0.25) is 0 Å². The minimum atomic E-state index is -0.725. The normalized spacial score (nSPS) is 17.0. The molecule has 0 radical (unpaired) electrons. The summed E-state index contributed by atoms with van der Waals surface area (Å²) in [6.45, 7) is 2.27. The van der Waals surface area contributed by atoms with Crippen molar-refractivity contribution in [2.24, 2.45) is 0 Å². The van der Waals surface area contributed by atoms with Gasteiger partial charge in [0, 0.05) is 23.7 Å². The molecule has 0 unspecified atom stereocenters. The molecule has 1 saturated carbocycles. The van der Waals surface area contributed by atoms with E-state index in [2.05, 4.69) is 15.3 Å². The molecule has 5 nitrogen and oxygen atoms in total. The molecule has 6 heteroatoms. The molecular weight excluding hydrogens is 286 g/mol. The number of rotatable bonds is 4. The Balaban J connectivity index is 1.64. The number of aliphatic hydroxyl groups is 1. The van der Waals surface area contributed by atoms with Crippen molar-refractivity contribution in [2.75, 3.05) is 6.54 Å². The van der Waals surface area contributed by atoms with Gasteiger partial charge in [-0.2, -0.15) is 0 Å². The largest absolute Gasteiger partial charge is 0.388 e. The SMILES string of the molecule is Cc1nc(-c2c[nH]c(C(=O)NCC3(O)CCCC3)c2)cs1. The minimum Gasteiger partial charge on any atom is -0.388 e. The average molecular weight is 305 g/mol. The van der Waals surface area contributed by atoms with E-state index in [1.54, 1.807) is 23.6 Å². The fourth-order valence-corrected chi connectivity index (χ4v) is 3.34. The van der Waals surface area contributed by atoms with E-state index in [4.69, 9.17) is 0 Å². The van der Waals surface area contributed by atoms with Crippen LogP contribution in [-0.2, 0) is 0 Å². The number of carbonyl (C=O) groups is 1. The van der Waals surface area contributed by atoms with Crippen LogP contribution >= 0.6 is 11.3 Å². The van der Waals surface area contributed by atoms with Gasteiger partial charge in [0.1, 0.15) is 5.69 Å². The van der Waals surface area contributed by atoms with Gasteiger partial charge in [0.15, 0.2) is 0 Å². The predicted molar refractivity (Wildman–Crippen MR) is 82.4 cm³/mol. The van der Waals surface area contributed by atoms with Crippen LogP contribution in [0.3, 0.4) is 0 Å². The first kappa shape index (κ1) is 14.3. The molecule has 3 N–H and O–H groups in total. The van der Waals surface area contributed by atoms with Crippen molar-refractivity contribution < 1.29 is 9.90 Å². The number of H-pyrrole nitrogens is 1. The van der Waals surface area contributed by atoms with Gasteiger partial charge in [-0.3, -0.25) is 4.79 Å². The molecule has 2 heterocycles. The highest BCUT2D eigenvalue weighted by Gasteiger charge is 2.31. The Labute approximate surface area is 127 Å². The zero-order valence-electron chi connectivity index (χ0n) is 12.0. The summed E-state index contributed by atoms with van der Waals surface area (Å²) < 4.78 is 0. The standard InChI is InChI=1S/C15H19N3O2S/c1-10-18-13(8-21-10)11-6-12(16-7-11)14(19)17-9-15(20)4-2-3-5-15/h6-8,16,20H,2-5,9H2,1H3,(H,17,19). The van der Waals surface area contributed by atoms with Crippen molar-refractivity contribution in [3.05, 3.63) is 28.3 Å². The number of nitrogens with zero attached hydrogens (tertiary/aromatic N) is 1. The van der Waals surface area contributed by atoms with E-state index in [1.807, 2.05) is 12.3 Å². The van der Waals surface area contributed by atoms with E-state index in [9.17, 15) is 9.90 Å². The maximum absolute atomic E-state index is 12.1. The zero-order chi connectivity index (χ0) is 14.9. The van der Waals surface area contributed by atoms with Crippen molar-refractivity contribution in [1.29, 1.82) is 0 Å². The van der Waals surface area contributed by atoms with Gasteiger partial charge < -0.3 is 15.4 Å². The first-order chi connectivity index (χ1) is 10.1. The summed E-state index contributed by atoms with van der Waals surface area (Å²) in [5, 5.41) is 16.0. The topological polar surface area (TPSA) is 78.0 Å². The van der Waals surface area contributed by atoms with E-state index in [1.165, 1.54) is 0 Å². The molecule has 112 valence electrons. The third kappa shape index (κ3) is 3.16.